The number of hydrogen-bond acceptors (Lipinski definition) is 5. The van der Waals surface area contributed by atoms with Crippen LogP contribution in [0.15, 0.2) is 0 Å². The number of aliphatic hydroxyl groups excluding tert-OH is 1. The van der Waals surface area contributed by atoms with E-state index >= 15 is 0 Å². The zero-order chi connectivity index (χ0) is 17.8. The van der Waals surface area contributed by atoms with Crippen molar-refractivity contribution in [1.82, 2.24) is 20.4 Å². The molecule has 4 unspecified atom stereocenters. The SMILES string of the molecule is CC1CCCC(NC(=O)CN2CCN(C(=O)C3CC(O)CN3)CC2)C1. The summed E-state index contributed by atoms with van der Waals surface area (Å²) in [5.41, 5.74) is 0. The lowest BCUT2D eigenvalue weighted by Crippen LogP contribution is -2.54. The lowest BCUT2D eigenvalue weighted by Gasteiger charge is -2.36. The average Bonchev–Trinajstić information content (AvgIpc) is 3.01. The van der Waals surface area contributed by atoms with Gasteiger partial charge in [-0.15, -0.1) is 0 Å². The molecule has 2 saturated heterocycles. The molecule has 2 amide bonds. The van der Waals surface area contributed by atoms with Crippen LogP contribution in [-0.2, 0) is 9.59 Å². The molecule has 1 saturated carbocycles. The van der Waals surface area contributed by atoms with Gasteiger partial charge in [-0.1, -0.05) is 19.8 Å². The van der Waals surface area contributed by atoms with Crippen LogP contribution in [0, 0.1) is 5.92 Å². The van der Waals surface area contributed by atoms with Crippen LogP contribution in [0.5, 0.6) is 0 Å². The molecular formula is C18H32N4O3. The van der Waals surface area contributed by atoms with E-state index in [2.05, 4.69) is 22.5 Å². The molecule has 0 aromatic carbocycles. The summed E-state index contributed by atoms with van der Waals surface area (Å²) >= 11 is 0. The van der Waals surface area contributed by atoms with Gasteiger partial charge in [0.05, 0.1) is 18.7 Å². The number of piperazine rings is 1. The summed E-state index contributed by atoms with van der Waals surface area (Å²) in [5, 5.41) is 15.8. The Kier molecular flexibility index (Phi) is 6.30. The molecule has 3 rings (SSSR count). The number of rotatable bonds is 4. The fourth-order valence-electron chi connectivity index (χ4n) is 4.29. The van der Waals surface area contributed by atoms with Crippen LogP contribution in [-0.4, -0.2) is 84.2 Å². The van der Waals surface area contributed by atoms with Crippen molar-refractivity contribution in [3.05, 3.63) is 0 Å². The first kappa shape index (κ1) is 18.6. The molecule has 4 atom stereocenters. The summed E-state index contributed by atoms with van der Waals surface area (Å²) in [6, 6.07) is 0.0807. The van der Waals surface area contributed by atoms with Crippen molar-refractivity contribution in [3.8, 4) is 0 Å². The molecule has 25 heavy (non-hydrogen) atoms. The van der Waals surface area contributed by atoms with Crippen LogP contribution in [0.4, 0.5) is 0 Å². The van der Waals surface area contributed by atoms with Crippen molar-refractivity contribution in [2.45, 2.75) is 57.2 Å². The fraction of sp³-hybridized carbons (Fsp3) is 0.889. The lowest BCUT2D eigenvalue weighted by atomic mass is 9.87. The highest BCUT2D eigenvalue weighted by molar-refractivity contribution is 5.82. The monoisotopic (exact) mass is 352 g/mol. The van der Waals surface area contributed by atoms with Gasteiger partial charge < -0.3 is 20.6 Å². The summed E-state index contributed by atoms with van der Waals surface area (Å²) in [5.74, 6) is 0.896. The van der Waals surface area contributed by atoms with Gasteiger partial charge in [0.1, 0.15) is 0 Å². The lowest BCUT2D eigenvalue weighted by molar-refractivity contribution is -0.135. The van der Waals surface area contributed by atoms with E-state index in [0.717, 1.165) is 25.9 Å². The second kappa shape index (κ2) is 8.47. The molecule has 0 radical (unpaired) electrons. The zero-order valence-corrected chi connectivity index (χ0v) is 15.2. The molecule has 2 aliphatic heterocycles. The van der Waals surface area contributed by atoms with Crippen LogP contribution >= 0.6 is 0 Å². The predicted molar refractivity (Wildman–Crippen MR) is 95.0 cm³/mol. The van der Waals surface area contributed by atoms with E-state index in [4.69, 9.17) is 0 Å². The maximum absolute atomic E-state index is 12.4. The molecule has 0 aromatic rings. The first-order chi connectivity index (χ1) is 12.0. The highest BCUT2D eigenvalue weighted by atomic mass is 16.3. The smallest absolute Gasteiger partial charge is 0.239 e. The molecule has 3 fully saturated rings. The maximum Gasteiger partial charge on any atom is 0.239 e. The predicted octanol–water partition coefficient (Wildman–Crippen LogP) is -0.452. The third-order valence-corrected chi connectivity index (χ3v) is 5.76. The van der Waals surface area contributed by atoms with Gasteiger partial charge in [-0.05, 0) is 25.2 Å². The minimum absolute atomic E-state index is 0.0804. The van der Waals surface area contributed by atoms with E-state index < -0.39 is 6.10 Å². The molecule has 3 aliphatic rings. The van der Waals surface area contributed by atoms with Crippen LogP contribution in [0.1, 0.15) is 39.0 Å². The highest BCUT2D eigenvalue weighted by Crippen LogP contribution is 2.23. The summed E-state index contributed by atoms with van der Waals surface area (Å²) in [6.07, 6.45) is 4.75. The maximum atomic E-state index is 12.4. The first-order valence-electron chi connectivity index (χ1n) is 9.73. The Labute approximate surface area is 150 Å². The van der Waals surface area contributed by atoms with Gasteiger partial charge in [0.2, 0.25) is 11.8 Å². The van der Waals surface area contributed by atoms with Crippen molar-refractivity contribution in [3.63, 3.8) is 0 Å². The van der Waals surface area contributed by atoms with Gasteiger partial charge in [0.25, 0.3) is 0 Å². The van der Waals surface area contributed by atoms with Crippen molar-refractivity contribution in [2.75, 3.05) is 39.3 Å². The molecule has 7 heteroatoms. The second-order valence-corrected chi connectivity index (χ2v) is 7.99. The van der Waals surface area contributed by atoms with E-state index in [0.29, 0.717) is 44.6 Å². The standard InChI is InChI=1S/C18H32N4O3/c1-13-3-2-4-14(9-13)20-17(24)12-21-5-7-22(8-6-21)18(25)16-10-15(23)11-19-16/h13-16,19,23H,2-12H2,1H3,(H,20,24). The molecule has 2 heterocycles. The molecule has 0 bridgehead atoms. The minimum atomic E-state index is -0.415. The number of carbonyl (C=O) groups is 2. The second-order valence-electron chi connectivity index (χ2n) is 7.99. The van der Waals surface area contributed by atoms with E-state index in [1.54, 1.807) is 0 Å². The van der Waals surface area contributed by atoms with Crippen LogP contribution in [0.2, 0.25) is 0 Å². The summed E-state index contributed by atoms with van der Waals surface area (Å²) in [4.78, 5) is 28.7. The van der Waals surface area contributed by atoms with Gasteiger partial charge >= 0.3 is 0 Å². The van der Waals surface area contributed by atoms with Gasteiger partial charge in [0, 0.05) is 38.8 Å². The Balaban J connectivity index is 1.37. The fourth-order valence-corrected chi connectivity index (χ4v) is 4.29. The van der Waals surface area contributed by atoms with Gasteiger partial charge in [-0.25, -0.2) is 0 Å². The average molecular weight is 352 g/mol. The summed E-state index contributed by atoms with van der Waals surface area (Å²) < 4.78 is 0. The third kappa shape index (κ3) is 5.15. The number of hydrogen-bond donors (Lipinski definition) is 3. The number of carbonyl (C=O) groups excluding carboxylic acids is 2. The topological polar surface area (TPSA) is 84.9 Å². The summed E-state index contributed by atoms with van der Waals surface area (Å²) in [7, 11) is 0. The number of nitrogens with zero attached hydrogens (tertiary/aromatic N) is 2. The minimum Gasteiger partial charge on any atom is -0.392 e. The van der Waals surface area contributed by atoms with Crippen molar-refractivity contribution >= 4 is 11.8 Å². The molecule has 0 aromatic heterocycles. The number of β-amino-alcohol motifs (C(OH)–C–C–N with tert-alkyl or cyclic N) is 1. The quantitative estimate of drug-likeness (QED) is 0.638. The van der Waals surface area contributed by atoms with Crippen LogP contribution in [0.3, 0.4) is 0 Å². The Hall–Kier alpha value is -1.18. The van der Waals surface area contributed by atoms with E-state index in [1.165, 1.54) is 12.8 Å². The molecule has 1 aliphatic carbocycles. The highest BCUT2D eigenvalue weighted by Gasteiger charge is 2.33. The molecular weight excluding hydrogens is 320 g/mol. The van der Waals surface area contributed by atoms with Crippen LogP contribution < -0.4 is 10.6 Å². The Bertz CT molecular complexity index is 479. The van der Waals surface area contributed by atoms with Crippen molar-refractivity contribution in [2.24, 2.45) is 5.92 Å². The molecule has 142 valence electrons. The molecule has 0 spiro atoms. The van der Waals surface area contributed by atoms with Gasteiger partial charge in [-0.3, -0.25) is 14.5 Å². The number of aliphatic hydroxyl groups is 1. The molecule has 3 N–H and O–H groups in total. The largest absolute Gasteiger partial charge is 0.392 e. The van der Waals surface area contributed by atoms with Gasteiger partial charge in [0.15, 0.2) is 0 Å². The Morgan fingerprint density at radius 1 is 1.16 bits per heavy atom. The first-order valence-corrected chi connectivity index (χ1v) is 9.73. The van der Waals surface area contributed by atoms with E-state index in [9.17, 15) is 14.7 Å². The van der Waals surface area contributed by atoms with Gasteiger partial charge in [-0.2, -0.15) is 0 Å². The number of amides is 2. The third-order valence-electron chi connectivity index (χ3n) is 5.76. The Morgan fingerprint density at radius 2 is 1.92 bits per heavy atom. The van der Waals surface area contributed by atoms with Crippen molar-refractivity contribution in [1.29, 1.82) is 0 Å². The molecule has 7 nitrogen and oxygen atoms in total. The zero-order valence-electron chi connectivity index (χ0n) is 15.2. The van der Waals surface area contributed by atoms with E-state index in [-0.39, 0.29) is 17.9 Å². The van der Waals surface area contributed by atoms with E-state index in [1.807, 2.05) is 4.90 Å². The normalized spacial score (nSPS) is 34.1. The summed E-state index contributed by atoms with van der Waals surface area (Å²) in [6.45, 7) is 5.95. The number of nitrogens with one attached hydrogen (secondary N) is 2. The van der Waals surface area contributed by atoms with Crippen molar-refractivity contribution < 1.29 is 14.7 Å². The Morgan fingerprint density at radius 3 is 2.56 bits per heavy atom. The van der Waals surface area contributed by atoms with Crippen LogP contribution in [0.25, 0.3) is 0 Å².